The summed E-state index contributed by atoms with van der Waals surface area (Å²) in [5.41, 5.74) is 0.730. The molecule has 0 unspecified atom stereocenters. The minimum Gasteiger partial charge on any atom is -0.480 e. The molecule has 118 valence electrons. The van der Waals surface area contributed by atoms with E-state index in [0.29, 0.717) is 6.42 Å². The molecule has 0 amide bonds. The summed E-state index contributed by atoms with van der Waals surface area (Å²) >= 11 is 0. The van der Waals surface area contributed by atoms with Crippen LogP contribution in [0.15, 0.2) is 29.2 Å². The van der Waals surface area contributed by atoms with Gasteiger partial charge in [0.25, 0.3) is 0 Å². The molecule has 2 atom stereocenters. The molecule has 0 aliphatic carbocycles. The van der Waals surface area contributed by atoms with Crippen molar-refractivity contribution in [2.45, 2.75) is 31.2 Å². The third kappa shape index (κ3) is 4.44. The fraction of sp³-hybridized carbons (Fsp3) is 0.500. The van der Waals surface area contributed by atoms with Gasteiger partial charge in [-0.1, -0.05) is 26.3 Å². The summed E-state index contributed by atoms with van der Waals surface area (Å²) in [5.74, 6) is -1.47. The lowest BCUT2D eigenvalue weighted by atomic mass is 10.0. The summed E-state index contributed by atoms with van der Waals surface area (Å²) in [6.07, 6.45) is 0.567. The predicted octanol–water partition coefficient (Wildman–Crippen LogP) is 1.53. The van der Waals surface area contributed by atoms with E-state index in [1.54, 1.807) is 38.1 Å². The summed E-state index contributed by atoms with van der Waals surface area (Å²) in [5, 5.41) is 9.19. The summed E-state index contributed by atoms with van der Waals surface area (Å²) in [7, 11) is -0.265. The summed E-state index contributed by atoms with van der Waals surface area (Å²) in [6, 6.07) is 5.23. The highest BCUT2D eigenvalue weighted by Gasteiger charge is 2.29. The number of rotatable bonds is 7. The molecule has 0 heterocycles. The first-order valence-electron chi connectivity index (χ1n) is 6.71. The largest absolute Gasteiger partial charge is 0.480 e. The van der Waals surface area contributed by atoms with Crippen LogP contribution in [0.2, 0.25) is 0 Å². The van der Waals surface area contributed by atoms with Gasteiger partial charge in [0, 0.05) is 19.8 Å². The molecule has 21 heavy (non-hydrogen) atoms. The average Bonchev–Trinajstić information content (AvgIpc) is 2.43. The van der Waals surface area contributed by atoms with Crippen molar-refractivity contribution >= 4 is 21.7 Å². The molecule has 0 saturated carbocycles. The van der Waals surface area contributed by atoms with Gasteiger partial charge in [0.2, 0.25) is 10.0 Å². The van der Waals surface area contributed by atoms with E-state index in [9.17, 15) is 18.3 Å². The molecular formula is C14H22N2O4S. The Labute approximate surface area is 125 Å². The fourth-order valence-corrected chi connectivity index (χ4v) is 3.15. The quantitative estimate of drug-likeness (QED) is 0.797. The first-order valence-corrected chi connectivity index (χ1v) is 8.20. The molecule has 0 bridgehead atoms. The SMILES string of the molecule is CC[C@H](C)[C@H](NS(=O)(=O)c1cccc(N(C)C)c1)C(=O)O. The van der Waals surface area contributed by atoms with E-state index in [1.165, 1.54) is 12.1 Å². The highest BCUT2D eigenvalue weighted by Crippen LogP contribution is 2.19. The number of hydrogen-bond donors (Lipinski definition) is 2. The van der Waals surface area contributed by atoms with Crippen molar-refractivity contribution < 1.29 is 18.3 Å². The zero-order valence-corrected chi connectivity index (χ0v) is 13.5. The fourth-order valence-electron chi connectivity index (χ4n) is 1.81. The first kappa shape index (κ1) is 17.5. The van der Waals surface area contributed by atoms with Gasteiger partial charge >= 0.3 is 5.97 Å². The number of nitrogens with one attached hydrogen (secondary N) is 1. The van der Waals surface area contributed by atoms with Crippen molar-refractivity contribution in [3.63, 3.8) is 0 Å². The predicted molar refractivity (Wildman–Crippen MR) is 82.0 cm³/mol. The van der Waals surface area contributed by atoms with Crippen LogP contribution in [0.4, 0.5) is 5.69 Å². The van der Waals surface area contributed by atoms with Gasteiger partial charge in [-0.25, -0.2) is 8.42 Å². The third-order valence-electron chi connectivity index (χ3n) is 3.41. The molecule has 6 nitrogen and oxygen atoms in total. The molecule has 7 heteroatoms. The average molecular weight is 314 g/mol. The molecule has 0 saturated heterocycles. The topological polar surface area (TPSA) is 86.7 Å². The number of carboxylic acids is 1. The van der Waals surface area contributed by atoms with Crippen LogP contribution < -0.4 is 9.62 Å². The third-order valence-corrected chi connectivity index (χ3v) is 4.84. The molecule has 2 N–H and O–H groups in total. The number of sulfonamides is 1. The van der Waals surface area contributed by atoms with Crippen molar-refractivity contribution in [1.29, 1.82) is 0 Å². The standard InChI is InChI=1S/C14H22N2O4S/c1-5-10(2)13(14(17)18)15-21(19,20)12-8-6-7-11(9-12)16(3)4/h6-10,13,15H,5H2,1-4H3,(H,17,18)/t10-,13-/m0/s1. The number of hydrogen-bond acceptors (Lipinski definition) is 4. The lowest BCUT2D eigenvalue weighted by Crippen LogP contribution is -2.44. The van der Waals surface area contributed by atoms with E-state index in [4.69, 9.17) is 0 Å². The Balaban J connectivity index is 3.10. The Morgan fingerprint density at radius 3 is 2.48 bits per heavy atom. The zero-order valence-electron chi connectivity index (χ0n) is 12.7. The van der Waals surface area contributed by atoms with Gasteiger partial charge in [0.05, 0.1) is 4.90 Å². The highest BCUT2D eigenvalue weighted by atomic mass is 32.2. The molecule has 1 aromatic carbocycles. The van der Waals surface area contributed by atoms with Crippen molar-refractivity contribution in [1.82, 2.24) is 4.72 Å². The smallest absolute Gasteiger partial charge is 0.322 e. The summed E-state index contributed by atoms with van der Waals surface area (Å²) in [6.45, 7) is 3.53. The number of benzene rings is 1. The molecule has 0 aliphatic rings. The van der Waals surface area contributed by atoms with Crippen LogP contribution in [0.25, 0.3) is 0 Å². The number of carbonyl (C=O) groups is 1. The Kier molecular flexibility index (Phi) is 5.74. The molecule has 0 spiro atoms. The normalized spacial score (nSPS) is 14.5. The van der Waals surface area contributed by atoms with Crippen LogP contribution >= 0.6 is 0 Å². The van der Waals surface area contributed by atoms with Crippen molar-refractivity contribution in [2.75, 3.05) is 19.0 Å². The Morgan fingerprint density at radius 2 is 2.00 bits per heavy atom. The monoisotopic (exact) mass is 314 g/mol. The Morgan fingerprint density at radius 1 is 1.38 bits per heavy atom. The van der Waals surface area contributed by atoms with Gasteiger partial charge in [-0.15, -0.1) is 0 Å². The molecule has 0 fully saturated rings. The molecule has 0 aromatic heterocycles. The first-order chi connectivity index (χ1) is 9.69. The Hall–Kier alpha value is -1.60. The molecule has 1 rings (SSSR count). The molecule has 0 radical (unpaired) electrons. The van der Waals surface area contributed by atoms with Crippen LogP contribution in [-0.4, -0.2) is 39.6 Å². The van der Waals surface area contributed by atoms with Crippen LogP contribution in [0, 0.1) is 5.92 Å². The maximum Gasteiger partial charge on any atom is 0.322 e. The lowest BCUT2D eigenvalue weighted by Gasteiger charge is -2.20. The van der Waals surface area contributed by atoms with Crippen LogP contribution in [0.1, 0.15) is 20.3 Å². The van der Waals surface area contributed by atoms with Gasteiger partial charge in [0.15, 0.2) is 0 Å². The number of carboxylic acid groups (broad SMARTS) is 1. The van der Waals surface area contributed by atoms with Gasteiger partial charge in [-0.3, -0.25) is 4.79 Å². The van der Waals surface area contributed by atoms with Crippen molar-refractivity contribution in [3.05, 3.63) is 24.3 Å². The number of anilines is 1. The Bertz CT molecular complexity index is 599. The van der Waals surface area contributed by atoms with Crippen LogP contribution in [0.3, 0.4) is 0 Å². The zero-order chi connectivity index (χ0) is 16.2. The molecule has 0 aliphatic heterocycles. The second-order valence-corrected chi connectivity index (χ2v) is 6.93. The maximum atomic E-state index is 12.3. The van der Waals surface area contributed by atoms with E-state index >= 15 is 0 Å². The minimum atomic E-state index is -3.87. The number of aliphatic carboxylic acids is 1. The van der Waals surface area contributed by atoms with Crippen LogP contribution in [0.5, 0.6) is 0 Å². The summed E-state index contributed by atoms with van der Waals surface area (Å²) < 4.78 is 27.0. The van der Waals surface area contributed by atoms with Crippen molar-refractivity contribution in [3.8, 4) is 0 Å². The van der Waals surface area contributed by atoms with E-state index in [2.05, 4.69) is 4.72 Å². The van der Waals surface area contributed by atoms with Gasteiger partial charge in [-0.05, 0) is 24.1 Å². The maximum absolute atomic E-state index is 12.3. The van der Waals surface area contributed by atoms with Crippen LogP contribution in [-0.2, 0) is 14.8 Å². The van der Waals surface area contributed by atoms with E-state index in [1.807, 2.05) is 6.92 Å². The second kappa shape index (κ2) is 6.91. The van der Waals surface area contributed by atoms with Crippen molar-refractivity contribution in [2.24, 2.45) is 5.92 Å². The van der Waals surface area contributed by atoms with E-state index in [-0.39, 0.29) is 10.8 Å². The summed E-state index contributed by atoms with van der Waals surface area (Å²) in [4.78, 5) is 13.1. The van der Waals surface area contributed by atoms with E-state index in [0.717, 1.165) is 5.69 Å². The lowest BCUT2D eigenvalue weighted by molar-refractivity contribution is -0.140. The minimum absolute atomic E-state index is 0.0586. The molecule has 1 aromatic rings. The van der Waals surface area contributed by atoms with E-state index < -0.39 is 22.0 Å². The van der Waals surface area contributed by atoms with Gasteiger partial charge < -0.3 is 10.0 Å². The molecular weight excluding hydrogens is 292 g/mol. The number of nitrogens with zero attached hydrogens (tertiary/aromatic N) is 1. The highest BCUT2D eigenvalue weighted by molar-refractivity contribution is 7.89. The van der Waals surface area contributed by atoms with Gasteiger partial charge in [-0.2, -0.15) is 4.72 Å². The van der Waals surface area contributed by atoms with Gasteiger partial charge in [0.1, 0.15) is 6.04 Å². The second-order valence-electron chi connectivity index (χ2n) is 5.21.